The number of benzene rings is 1. The van der Waals surface area contributed by atoms with Crippen LogP contribution in [0.2, 0.25) is 0 Å². The van der Waals surface area contributed by atoms with Crippen molar-refractivity contribution in [3.63, 3.8) is 0 Å². The molecule has 0 aliphatic heterocycles. The molecule has 0 saturated heterocycles. The Kier molecular flexibility index (Phi) is 4.02. The highest BCUT2D eigenvalue weighted by Crippen LogP contribution is 2.18. The second-order valence-electron chi connectivity index (χ2n) is 2.59. The topological polar surface area (TPSA) is 89.8 Å². The summed E-state index contributed by atoms with van der Waals surface area (Å²) in [6.07, 6.45) is 0. The highest BCUT2D eigenvalue weighted by Gasteiger charge is 2.01. The third kappa shape index (κ3) is 3.08. The van der Waals surface area contributed by atoms with E-state index in [9.17, 15) is 13.9 Å². The molecule has 2 N–H and O–H groups in total. The van der Waals surface area contributed by atoms with Crippen molar-refractivity contribution in [1.82, 2.24) is 0 Å². The van der Waals surface area contributed by atoms with E-state index in [1.807, 2.05) is 0 Å². The third-order valence-corrected chi connectivity index (χ3v) is 1.95. The van der Waals surface area contributed by atoms with E-state index in [4.69, 9.17) is 5.11 Å². The molecule has 0 radical (unpaired) electrons. The second kappa shape index (κ2) is 5.06. The number of aliphatic hydroxyl groups is 1. The van der Waals surface area contributed by atoms with E-state index >= 15 is 0 Å². The van der Waals surface area contributed by atoms with Gasteiger partial charge < -0.3 is 14.8 Å². The summed E-state index contributed by atoms with van der Waals surface area (Å²) in [5.41, 5.74) is 0.902. The molecular formula is C8H9O5S-. The molecule has 0 amide bonds. The standard InChI is InChI=1S/C8H10O5S/c9-4-7-3-6(1-2-8(7)10)5-13-14(11)12/h1-3,9-10H,4-5H2,(H,11,12)/p-1. The van der Waals surface area contributed by atoms with Crippen LogP contribution in [0.1, 0.15) is 11.1 Å². The van der Waals surface area contributed by atoms with Crippen LogP contribution < -0.4 is 0 Å². The summed E-state index contributed by atoms with van der Waals surface area (Å²) in [7, 11) is 0. The van der Waals surface area contributed by atoms with E-state index in [0.717, 1.165) is 0 Å². The Hall–Kier alpha value is -0.950. The molecule has 1 unspecified atom stereocenters. The van der Waals surface area contributed by atoms with Gasteiger partial charge in [-0.05, 0) is 17.7 Å². The quantitative estimate of drug-likeness (QED) is 0.703. The Labute approximate surface area is 83.4 Å². The monoisotopic (exact) mass is 217 g/mol. The van der Waals surface area contributed by atoms with Gasteiger partial charge in [0.15, 0.2) is 0 Å². The van der Waals surface area contributed by atoms with E-state index in [-0.39, 0.29) is 19.0 Å². The molecule has 14 heavy (non-hydrogen) atoms. The van der Waals surface area contributed by atoms with Gasteiger partial charge in [0.2, 0.25) is 0 Å². The van der Waals surface area contributed by atoms with Gasteiger partial charge >= 0.3 is 0 Å². The van der Waals surface area contributed by atoms with Gasteiger partial charge in [0, 0.05) is 5.56 Å². The number of rotatable bonds is 4. The summed E-state index contributed by atoms with van der Waals surface area (Å²) in [5.74, 6) is -0.0282. The number of aliphatic hydroxyl groups excluding tert-OH is 1. The Morgan fingerprint density at radius 1 is 1.50 bits per heavy atom. The van der Waals surface area contributed by atoms with Crippen LogP contribution >= 0.6 is 0 Å². The maximum absolute atomic E-state index is 10.1. The Morgan fingerprint density at radius 3 is 2.79 bits per heavy atom. The summed E-state index contributed by atoms with van der Waals surface area (Å²) < 4.78 is 24.5. The van der Waals surface area contributed by atoms with Crippen molar-refractivity contribution in [3.8, 4) is 5.75 Å². The Bertz CT molecular complexity index is 339. The summed E-state index contributed by atoms with van der Waals surface area (Å²) in [5, 5.41) is 18.0. The first-order valence-corrected chi connectivity index (χ1v) is 4.77. The van der Waals surface area contributed by atoms with Gasteiger partial charge in [0.05, 0.1) is 24.6 Å². The van der Waals surface area contributed by atoms with Crippen LogP contribution in [0.5, 0.6) is 5.75 Å². The van der Waals surface area contributed by atoms with Crippen molar-refractivity contribution in [3.05, 3.63) is 29.3 Å². The van der Waals surface area contributed by atoms with Crippen LogP contribution in [0, 0.1) is 0 Å². The van der Waals surface area contributed by atoms with Crippen LogP contribution in [0.3, 0.4) is 0 Å². The minimum Gasteiger partial charge on any atom is -0.750 e. The van der Waals surface area contributed by atoms with Crippen LogP contribution in [0.15, 0.2) is 18.2 Å². The number of phenols is 1. The van der Waals surface area contributed by atoms with Crippen molar-refractivity contribution in [2.75, 3.05) is 0 Å². The molecule has 5 nitrogen and oxygen atoms in total. The molecule has 78 valence electrons. The molecule has 0 aliphatic carbocycles. The van der Waals surface area contributed by atoms with Crippen molar-refractivity contribution >= 4 is 11.4 Å². The molecule has 1 aromatic rings. The van der Waals surface area contributed by atoms with E-state index in [1.54, 1.807) is 0 Å². The highest BCUT2D eigenvalue weighted by molar-refractivity contribution is 7.74. The van der Waals surface area contributed by atoms with E-state index in [2.05, 4.69) is 4.18 Å². The molecule has 0 aliphatic rings. The molecule has 0 saturated carbocycles. The average Bonchev–Trinajstić information content (AvgIpc) is 2.16. The van der Waals surface area contributed by atoms with Crippen molar-refractivity contribution in [2.24, 2.45) is 0 Å². The Balaban J connectivity index is 2.74. The van der Waals surface area contributed by atoms with Gasteiger partial charge in [-0.3, -0.25) is 4.18 Å². The van der Waals surface area contributed by atoms with Gasteiger partial charge in [0.25, 0.3) is 0 Å². The summed E-state index contributed by atoms with van der Waals surface area (Å²) in [6.45, 7) is -0.413. The number of hydrogen-bond donors (Lipinski definition) is 2. The van der Waals surface area contributed by atoms with Gasteiger partial charge in [0.1, 0.15) is 5.75 Å². The Morgan fingerprint density at radius 2 is 2.21 bits per heavy atom. The molecule has 0 heterocycles. The van der Waals surface area contributed by atoms with E-state index in [1.165, 1.54) is 18.2 Å². The van der Waals surface area contributed by atoms with Gasteiger partial charge in [-0.15, -0.1) is 0 Å². The fraction of sp³-hybridized carbons (Fsp3) is 0.250. The fourth-order valence-corrected chi connectivity index (χ4v) is 1.20. The maximum Gasteiger partial charge on any atom is 0.121 e. The summed E-state index contributed by atoms with van der Waals surface area (Å²) in [6, 6.07) is 4.36. The first kappa shape index (κ1) is 11.1. The number of aromatic hydroxyl groups is 1. The van der Waals surface area contributed by atoms with Crippen molar-refractivity contribution in [1.29, 1.82) is 0 Å². The first-order valence-electron chi connectivity index (χ1n) is 3.77. The zero-order chi connectivity index (χ0) is 10.6. The normalized spacial score (nSPS) is 12.7. The van der Waals surface area contributed by atoms with Gasteiger partial charge in [-0.25, -0.2) is 4.21 Å². The second-order valence-corrected chi connectivity index (χ2v) is 3.23. The smallest absolute Gasteiger partial charge is 0.121 e. The molecule has 1 aromatic carbocycles. The van der Waals surface area contributed by atoms with Crippen molar-refractivity contribution in [2.45, 2.75) is 13.2 Å². The van der Waals surface area contributed by atoms with Crippen LogP contribution in [-0.4, -0.2) is 19.0 Å². The number of hydrogen-bond acceptors (Lipinski definition) is 5. The lowest BCUT2D eigenvalue weighted by atomic mass is 10.1. The van der Waals surface area contributed by atoms with Crippen LogP contribution in [0.25, 0.3) is 0 Å². The minimum absolute atomic E-state index is 0.0282. The molecule has 1 atom stereocenters. The first-order chi connectivity index (χ1) is 6.63. The lowest BCUT2D eigenvalue weighted by Gasteiger charge is -2.07. The van der Waals surface area contributed by atoms with E-state index in [0.29, 0.717) is 11.1 Å². The zero-order valence-corrected chi connectivity index (χ0v) is 7.99. The van der Waals surface area contributed by atoms with Crippen LogP contribution in [-0.2, 0) is 28.8 Å². The van der Waals surface area contributed by atoms with Crippen LogP contribution in [0.4, 0.5) is 0 Å². The minimum atomic E-state index is -2.55. The van der Waals surface area contributed by atoms with Gasteiger partial charge in [-0.2, -0.15) is 0 Å². The zero-order valence-electron chi connectivity index (χ0n) is 7.17. The lowest BCUT2D eigenvalue weighted by Crippen LogP contribution is -1.97. The molecule has 0 aromatic heterocycles. The predicted octanol–water partition coefficient (Wildman–Crippen LogP) is 0.195. The SMILES string of the molecule is O=S([O-])OCc1ccc(O)c(CO)c1. The molecule has 0 bridgehead atoms. The van der Waals surface area contributed by atoms with Gasteiger partial charge in [-0.1, -0.05) is 6.07 Å². The summed E-state index contributed by atoms with van der Waals surface area (Å²) in [4.78, 5) is 0. The molecule has 0 spiro atoms. The molecule has 6 heteroatoms. The molecule has 0 fully saturated rings. The van der Waals surface area contributed by atoms with E-state index < -0.39 is 11.4 Å². The summed E-state index contributed by atoms with van der Waals surface area (Å²) >= 11 is -2.55. The predicted molar refractivity (Wildman–Crippen MR) is 47.7 cm³/mol. The molecular weight excluding hydrogens is 208 g/mol. The highest BCUT2D eigenvalue weighted by atomic mass is 32.2. The van der Waals surface area contributed by atoms with Crippen molar-refractivity contribution < 1.29 is 23.2 Å². The maximum atomic E-state index is 10.1. The lowest BCUT2D eigenvalue weighted by molar-refractivity contribution is 0.273. The average molecular weight is 217 g/mol. The largest absolute Gasteiger partial charge is 0.750 e. The molecule has 1 rings (SSSR count). The fourth-order valence-electron chi connectivity index (χ4n) is 0.971. The third-order valence-electron chi connectivity index (χ3n) is 1.64.